The van der Waals surface area contributed by atoms with Gasteiger partial charge in [-0.25, -0.2) is 4.39 Å². The van der Waals surface area contributed by atoms with Gasteiger partial charge in [0.05, 0.1) is 8.07 Å². The van der Waals surface area contributed by atoms with Crippen LogP contribution in [-0.4, -0.2) is 26.1 Å². The van der Waals surface area contributed by atoms with Crippen molar-refractivity contribution in [2.24, 2.45) is 0 Å². The molecule has 1 heterocycles. The highest BCUT2D eigenvalue weighted by atomic mass is 28.3. The van der Waals surface area contributed by atoms with Crippen LogP contribution in [0.2, 0.25) is 19.6 Å². The van der Waals surface area contributed by atoms with Crippen molar-refractivity contribution < 1.29 is 4.39 Å². The molecule has 1 fully saturated rings. The van der Waals surface area contributed by atoms with Crippen LogP contribution >= 0.6 is 0 Å². The van der Waals surface area contributed by atoms with Gasteiger partial charge >= 0.3 is 0 Å². The lowest BCUT2D eigenvalue weighted by Crippen LogP contribution is -2.46. The third-order valence-electron chi connectivity index (χ3n) is 3.76. The van der Waals surface area contributed by atoms with Gasteiger partial charge in [-0.2, -0.15) is 0 Å². The van der Waals surface area contributed by atoms with E-state index >= 15 is 0 Å². The molecule has 1 aliphatic heterocycles. The van der Waals surface area contributed by atoms with Crippen LogP contribution in [0.15, 0.2) is 24.3 Å². The Balaban J connectivity index is 2.27. The van der Waals surface area contributed by atoms with E-state index in [1.165, 1.54) is 37.9 Å². The summed E-state index contributed by atoms with van der Waals surface area (Å²) in [5.74, 6) is -0.133. The third kappa shape index (κ3) is 3.21. The van der Waals surface area contributed by atoms with Crippen LogP contribution in [0.4, 0.5) is 4.39 Å². The van der Waals surface area contributed by atoms with Crippen molar-refractivity contribution in [2.75, 3.05) is 13.1 Å². The van der Waals surface area contributed by atoms with Crippen molar-refractivity contribution in [3.8, 4) is 0 Å². The molecule has 1 nitrogen and oxygen atoms in total. The Morgan fingerprint density at radius 2 is 1.56 bits per heavy atom. The number of benzene rings is 1. The van der Waals surface area contributed by atoms with E-state index in [-0.39, 0.29) is 5.82 Å². The SMILES string of the molecule is C[Si](C)(C)C(c1ccc(F)cc1)N1CCCCC1. The molecule has 0 radical (unpaired) electrons. The largest absolute Gasteiger partial charge is 0.299 e. The summed E-state index contributed by atoms with van der Waals surface area (Å²) in [4.78, 5) is 2.63. The number of halogens is 1. The predicted molar refractivity (Wildman–Crippen MR) is 77.9 cm³/mol. The van der Waals surface area contributed by atoms with E-state index in [0.717, 1.165) is 0 Å². The van der Waals surface area contributed by atoms with Gasteiger partial charge in [0.1, 0.15) is 5.82 Å². The van der Waals surface area contributed by atoms with Crippen LogP contribution in [-0.2, 0) is 0 Å². The van der Waals surface area contributed by atoms with Crippen molar-refractivity contribution in [1.29, 1.82) is 0 Å². The minimum atomic E-state index is -1.33. The van der Waals surface area contributed by atoms with Gasteiger partial charge in [0.15, 0.2) is 0 Å². The van der Waals surface area contributed by atoms with Crippen molar-refractivity contribution in [2.45, 2.75) is 44.6 Å². The molecule has 2 rings (SSSR count). The van der Waals surface area contributed by atoms with E-state index in [4.69, 9.17) is 0 Å². The fraction of sp³-hybridized carbons (Fsp3) is 0.600. The molecule has 1 unspecified atom stereocenters. The van der Waals surface area contributed by atoms with Crippen LogP contribution in [0.1, 0.15) is 30.5 Å². The molecule has 0 aromatic heterocycles. The Hall–Kier alpha value is -0.673. The number of likely N-dealkylation sites (tertiary alicyclic amines) is 1. The number of hydrogen-bond acceptors (Lipinski definition) is 1. The highest BCUT2D eigenvalue weighted by molar-refractivity contribution is 6.77. The molecule has 1 aromatic rings. The molecule has 0 bridgehead atoms. The Labute approximate surface area is 111 Å². The van der Waals surface area contributed by atoms with Crippen LogP contribution in [0.25, 0.3) is 0 Å². The number of piperidine rings is 1. The van der Waals surface area contributed by atoms with E-state index in [2.05, 4.69) is 24.5 Å². The van der Waals surface area contributed by atoms with Gasteiger partial charge in [0.25, 0.3) is 0 Å². The zero-order valence-electron chi connectivity index (χ0n) is 11.7. The number of rotatable bonds is 3. The van der Waals surface area contributed by atoms with Crippen molar-refractivity contribution in [1.82, 2.24) is 4.90 Å². The summed E-state index contributed by atoms with van der Waals surface area (Å²) < 4.78 is 13.1. The molecule has 1 aliphatic rings. The molecule has 0 spiro atoms. The molecule has 1 atom stereocenters. The average molecular weight is 265 g/mol. The first kappa shape index (κ1) is 13.8. The van der Waals surface area contributed by atoms with E-state index < -0.39 is 8.07 Å². The summed E-state index contributed by atoms with van der Waals surface area (Å²) in [6.07, 6.45) is 3.97. The highest BCUT2D eigenvalue weighted by Gasteiger charge is 2.33. The van der Waals surface area contributed by atoms with Crippen LogP contribution in [0.3, 0.4) is 0 Å². The average Bonchev–Trinajstić information content (AvgIpc) is 2.32. The van der Waals surface area contributed by atoms with E-state index in [1.54, 1.807) is 12.1 Å². The van der Waals surface area contributed by atoms with Crippen LogP contribution < -0.4 is 0 Å². The van der Waals surface area contributed by atoms with Crippen LogP contribution in [0, 0.1) is 5.82 Å². The van der Waals surface area contributed by atoms with Gasteiger partial charge in [-0.1, -0.05) is 38.2 Å². The minimum Gasteiger partial charge on any atom is -0.299 e. The molecule has 0 saturated carbocycles. The summed E-state index contributed by atoms with van der Waals surface area (Å²) in [6.45, 7) is 9.64. The van der Waals surface area contributed by atoms with E-state index in [0.29, 0.717) is 5.67 Å². The normalized spacial score (nSPS) is 19.8. The zero-order valence-corrected chi connectivity index (χ0v) is 12.7. The molecular formula is C15H24FNSi. The fourth-order valence-electron chi connectivity index (χ4n) is 3.08. The van der Waals surface area contributed by atoms with Crippen LogP contribution in [0.5, 0.6) is 0 Å². The first-order chi connectivity index (χ1) is 8.48. The highest BCUT2D eigenvalue weighted by Crippen LogP contribution is 2.32. The standard InChI is InChI=1S/C15H24FNSi/c1-18(2,3)15(17-11-5-4-6-12-17)13-7-9-14(16)10-8-13/h7-10,15H,4-6,11-12H2,1-3H3. The Bertz CT molecular complexity index is 376. The van der Waals surface area contributed by atoms with Crippen molar-refractivity contribution in [3.05, 3.63) is 35.6 Å². The molecule has 100 valence electrons. The fourth-order valence-corrected chi connectivity index (χ4v) is 5.63. The topological polar surface area (TPSA) is 3.24 Å². The second-order valence-corrected chi connectivity index (χ2v) is 11.7. The maximum atomic E-state index is 13.1. The summed E-state index contributed by atoms with van der Waals surface area (Å²) >= 11 is 0. The molecule has 0 amide bonds. The van der Waals surface area contributed by atoms with Crippen molar-refractivity contribution in [3.63, 3.8) is 0 Å². The maximum Gasteiger partial charge on any atom is 0.123 e. The first-order valence-corrected chi connectivity index (χ1v) is 10.6. The van der Waals surface area contributed by atoms with Crippen molar-refractivity contribution >= 4 is 8.07 Å². The second kappa shape index (κ2) is 5.53. The summed E-state index contributed by atoms with van der Waals surface area (Å²) in [5.41, 5.74) is 1.83. The molecular weight excluding hydrogens is 241 g/mol. The molecule has 18 heavy (non-hydrogen) atoms. The Morgan fingerprint density at radius 3 is 2.06 bits per heavy atom. The smallest absolute Gasteiger partial charge is 0.123 e. The predicted octanol–water partition coefficient (Wildman–Crippen LogP) is 4.23. The molecule has 0 aliphatic carbocycles. The number of nitrogens with zero attached hydrogens (tertiary/aromatic N) is 1. The summed E-state index contributed by atoms with van der Waals surface area (Å²) in [6, 6.07) is 7.17. The van der Waals surface area contributed by atoms with Gasteiger partial charge in [-0.3, -0.25) is 4.90 Å². The lowest BCUT2D eigenvalue weighted by Gasteiger charge is -2.41. The quantitative estimate of drug-likeness (QED) is 0.739. The molecule has 3 heteroatoms. The lowest BCUT2D eigenvalue weighted by atomic mass is 10.1. The zero-order chi connectivity index (χ0) is 13.2. The van der Waals surface area contributed by atoms with Gasteiger partial charge < -0.3 is 0 Å². The monoisotopic (exact) mass is 265 g/mol. The minimum absolute atomic E-state index is 0.133. The van der Waals surface area contributed by atoms with Gasteiger partial charge in [-0.15, -0.1) is 0 Å². The molecule has 1 saturated heterocycles. The van der Waals surface area contributed by atoms with Gasteiger partial charge in [0, 0.05) is 5.67 Å². The summed E-state index contributed by atoms with van der Waals surface area (Å²) in [7, 11) is -1.33. The first-order valence-electron chi connectivity index (χ1n) is 6.98. The van der Waals surface area contributed by atoms with Gasteiger partial charge in [0.2, 0.25) is 0 Å². The molecule has 0 N–H and O–H groups in total. The van der Waals surface area contributed by atoms with E-state index in [1.807, 2.05) is 12.1 Å². The summed E-state index contributed by atoms with van der Waals surface area (Å²) in [5, 5.41) is 0. The maximum absolute atomic E-state index is 13.1. The third-order valence-corrected chi connectivity index (χ3v) is 6.10. The van der Waals surface area contributed by atoms with E-state index in [9.17, 15) is 4.39 Å². The Kier molecular flexibility index (Phi) is 4.23. The Morgan fingerprint density at radius 1 is 1.00 bits per heavy atom. The lowest BCUT2D eigenvalue weighted by molar-refractivity contribution is 0.204. The number of hydrogen-bond donors (Lipinski definition) is 0. The second-order valence-electron chi connectivity index (χ2n) is 6.42. The molecule has 1 aromatic carbocycles. The van der Waals surface area contributed by atoms with Gasteiger partial charge in [-0.05, 0) is 43.6 Å².